The number of halogens is 1. The summed E-state index contributed by atoms with van der Waals surface area (Å²) in [6.45, 7) is 3.56. The number of nitrogens with zero attached hydrogens (tertiary/aromatic N) is 1. The van der Waals surface area contributed by atoms with Gasteiger partial charge in [0.2, 0.25) is 0 Å². The number of likely N-dealkylation sites (tertiary alicyclic amines) is 1. The van der Waals surface area contributed by atoms with Crippen LogP contribution in [-0.4, -0.2) is 48.7 Å². The summed E-state index contributed by atoms with van der Waals surface area (Å²) < 4.78 is 5.09. The fourth-order valence-corrected chi connectivity index (χ4v) is 3.42. The summed E-state index contributed by atoms with van der Waals surface area (Å²) in [4.78, 5) is 26.1. The molecular weight excluding hydrogens is 330 g/mol. The zero-order valence-corrected chi connectivity index (χ0v) is 14.6. The minimum absolute atomic E-state index is 0. The van der Waals surface area contributed by atoms with Crippen molar-refractivity contribution in [1.29, 1.82) is 0 Å². The summed E-state index contributed by atoms with van der Waals surface area (Å²) in [5.41, 5.74) is 0.795. The van der Waals surface area contributed by atoms with Crippen LogP contribution in [0.4, 0.5) is 10.5 Å². The number of ether oxygens (including phenoxy) is 1. The number of hydrogen-bond donors (Lipinski definition) is 2. The van der Waals surface area contributed by atoms with E-state index >= 15 is 0 Å². The topological polar surface area (TPSA) is 70.7 Å². The molecule has 1 aromatic rings. The van der Waals surface area contributed by atoms with Gasteiger partial charge in [-0.25, -0.2) is 4.79 Å². The first-order valence-electron chi connectivity index (χ1n) is 8.21. The molecule has 0 bridgehead atoms. The molecule has 7 heteroatoms. The molecule has 6 nitrogen and oxygen atoms in total. The molecule has 0 saturated carbocycles. The van der Waals surface area contributed by atoms with E-state index in [1.54, 1.807) is 0 Å². The quantitative estimate of drug-likeness (QED) is 0.818. The Labute approximate surface area is 148 Å². The van der Waals surface area contributed by atoms with Gasteiger partial charge < -0.3 is 15.0 Å². The van der Waals surface area contributed by atoms with E-state index in [0.717, 1.165) is 25.1 Å². The molecule has 2 amide bonds. The second kappa shape index (κ2) is 8.35. The molecule has 0 aromatic heterocycles. The highest BCUT2D eigenvalue weighted by Crippen LogP contribution is 2.29. The summed E-state index contributed by atoms with van der Waals surface area (Å²) in [7, 11) is 0. The van der Waals surface area contributed by atoms with Crippen LogP contribution < -0.4 is 10.6 Å². The molecular formula is C17H24ClN3O3. The van der Waals surface area contributed by atoms with E-state index in [2.05, 4.69) is 10.6 Å². The van der Waals surface area contributed by atoms with Gasteiger partial charge in [-0.05, 0) is 37.8 Å². The van der Waals surface area contributed by atoms with Crippen LogP contribution >= 0.6 is 12.4 Å². The zero-order chi connectivity index (χ0) is 16.2. The minimum Gasteiger partial charge on any atom is -0.465 e. The van der Waals surface area contributed by atoms with Gasteiger partial charge in [0.25, 0.3) is 0 Å². The van der Waals surface area contributed by atoms with Crippen LogP contribution in [0.3, 0.4) is 0 Å². The van der Waals surface area contributed by atoms with Crippen LogP contribution in [0.15, 0.2) is 30.3 Å². The number of para-hydroxylation sites is 1. The summed E-state index contributed by atoms with van der Waals surface area (Å²) in [6, 6.07) is 9.29. The number of carbonyl (C=O) groups excluding carboxylic acids is 2. The van der Waals surface area contributed by atoms with Gasteiger partial charge in [-0.3, -0.25) is 10.1 Å². The molecule has 2 N–H and O–H groups in total. The normalized spacial score (nSPS) is 25.4. The lowest BCUT2D eigenvalue weighted by atomic mass is 9.91. The monoisotopic (exact) mass is 353 g/mol. The third kappa shape index (κ3) is 4.19. The summed E-state index contributed by atoms with van der Waals surface area (Å²) in [6.07, 6.45) is 1.72. The van der Waals surface area contributed by atoms with Crippen molar-refractivity contribution in [3.05, 3.63) is 30.3 Å². The Balaban J connectivity index is 0.00000208. The second-order valence-electron chi connectivity index (χ2n) is 6.10. The molecule has 2 heterocycles. The van der Waals surface area contributed by atoms with E-state index in [0.29, 0.717) is 19.1 Å². The predicted octanol–water partition coefficient (Wildman–Crippen LogP) is 2.26. The summed E-state index contributed by atoms with van der Waals surface area (Å²) >= 11 is 0. The van der Waals surface area contributed by atoms with Crippen molar-refractivity contribution in [3.63, 3.8) is 0 Å². The van der Waals surface area contributed by atoms with Crippen molar-refractivity contribution < 1.29 is 14.3 Å². The van der Waals surface area contributed by atoms with Crippen molar-refractivity contribution in [2.45, 2.75) is 31.8 Å². The van der Waals surface area contributed by atoms with Crippen molar-refractivity contribution in [3.8, 4) is 0 Å². The second-order valence-corrected chi connectivity index (χ2v) is 6.10. The SMILES string of the molecule is CCOC(=O)[C@@H]1C[C@@H]2CCN(C(=O)Nc3ccccc3)C[C@@H]2N1.Cl. The van der Waals surface area contributed by atoms with Gasteiger partial charge in [0.05, 0.1) is 6.61 Å². The first kappa shape index (κ1) is 18.5. The molecule has 0 unspecified atom stereocenters. The average molecular weight is 354 g/mol. The number of nitrogens with one attached hydrogen (secondary N) is 2. The fraction of sp³-hybridized carbons (Fsp3) is 0.529. The molecule has 3 atom stereocenters. The molecule has 0 aliphatic carbocycles. The van der Waals surface area contributed by atoms with E-state index in [9.17, 15) is 9.59 Å². The number of piperidine rings is 1. The Kier molecular flexibility index (Phi) is 6.45. The molecule has 24 heavy (non-hydrogen) atoms. The molecule has 2 aliphatic rings. The Morgan fingerprint density at radius 1 is 1.33 bits per heavy atom. The molecule has 2 aliphatic heterocycles. The molecule has 2 saturated heterocycles. The third-order valence-electron chi connectivity index (χ3n) is 4.59. The number of amides is 2. The minimum atomic E-state index is -0.234. The van der Waals surface area contributed by atoms with Gasteiger partial charge in [-0.1, -0.05) is 18.2 Å². The largest absolute Gasteiger partial charge is 0.465 e. The number of fused-ring (bicyclic) bond motifs is 1. The van der Waals surface area contributed by atoms with Crippen molar-refractivity contribution in [1.82, 2.24) is 10.2 Å². The number of carbonyl (C=O) groups is 2. The lowest BCUT2D eigenvalue weighted by Crippen LogP contribution is -2.51. The lowest BCUT2D eigenvalue weighted by Gasteiger charge is -2.34. The standard InChI is InChI=1S/C17H23N3O3.ClH/c1-2-23-16(21)14-10-12-8-9-20(11-15(12)19-14)17(22)18-13-6-4-3-5-7-13;/h3-7,12,14-15,19H,2,8-11H2,1H3,(H,18,22);1H/t12-,14-,15-;/m0./s1. The Morgan fingerprint density at radius 2 is 2.08 bits per heavy atom. The van der Waals surface area contributed by atoms with Crippen molar-refractivity contribution in [2.24, 2.45) is 5.92 Å². The molecule has 1 aromatic carbocycles. The maximum Gasteiger partial charge on any atom is 0.323 e. The predicted molar refractivity (Wildman–Crippen MR) is 94.4 cm³/mol. The third-order valence-corrected chi connectivity index (χ3v) is 4.59. The van der Waals surface area contributed by atoms with Crippen LogP contribution in [-0.2, 0) is 9.53 Å². The molecule has 3 rings (SSSR count). The molecule has 132 valence electrons. The van der Waals surface area contributed by atoms with E-state index in [1.165, 1.54) is 0 Å². The van der Waals surface area contributed by atoms with Gasteiger partial charge in [0.15, 0.2) is 0 Å². The Hall–Kier alpha value is -1.79. The van der Waals surface area contributed by atoms with Gasteiger partial charge in [-0.15, -0.1) is 12.4 Å². The van der Waals surface area contributed by atoms with Gasteiger partial charge in [-0.2, -0.15) is 0 Å². The molecule has 0 radical (unpaired) electrons. The maximum atomic E-state index is 12.4. The smallest absolute Gasteiger partial charge is 0.323 e. The van der Waals surface area contributed by atoms with Crippen LogP contribution in [0.2, 0.25) is 0 Å². The number of rotatable bonds is 3. The van der Waals surface area contributed by atoms with Crippen LogP contribution in [0.1, 0.15) is 19.8 Å². The fourth-order valence-electron chi connectivity index (χ4n) is 3.42. The molecule has 2 fully saturated rings. The Morgan fingerprint density at radius 3 is 2.79 bits per heavy atom. The highest BCUT2D eigenvalue weighted by molar-refractivity contribution is 5.89. The highest BCUT2D eigenvalue weighted by Gasteiger charge is 2.41. The molecule has 0 spiro atoms. The number of urea groups is 1. The van der Waals surface area contributed by atoms with Crippen molar-refractivity contribution in [2.75, 3.05) is 25.0 Å². The van der Waals surface area contributed by atoms with Gasteiger partial charge in [0, 0.05) is 24.8 Å². The van der Waals surface area contributed by atoms with E-state index in [4.69, 9.17) is 4.74 Å². The van der Waals surface area contributed by atoms with E-state index < -0.39 is 0 Å². The number of hydrogen-bond acceptors (Lipinski definition) is 4. The first-order valence-corrected chi connectivity index (χ1v) is 8.21. The zero-order valence-electron chi connectivity index (χ0n) is 13.7. The first-order chi connectivity index (χ1) is 11.2. The van der Waals surface area contributed by atoms with Crippen LogP contribution in [0.5, 0.6) is 0 Å². The highest BCUT2D eigenvalue weighted by atomic mass is 35.5. The van der Waals surface area contributed by atoms with E-state index in [1.807, 2.05) is 42.2 Å². The number of esters is 1. The number of benzene rings is 1. The number of anilines is 1. The maximum absolute atomic E-state index is 12.4. The van der Waals surface area contributed by atoms with Gasteiger partial charge >= 0.3 is 12.0 Å². The summed E-state index contributed by atoms with van der Waals surface area (Å²) in [5, 5.41) is 6.24. The lowest BCUT2D eigenvalue weighted by molar-refractivity contribution is -0.145. The van der Waals surface area contributed by atoms with Crippen LogP contribution in [0, 0.1) is 5.92 Å². The van der Waals surface area contributed by atoms with E-state index in [-0.39, 0.29) is 36.5 Å². The van der Waals surface area contributed by atoms with Crippen LogP contribution in [0.25, 0.3) is 0 Å². The van der Waals surface area contributed by atoms with Crippen molar-refractivity contribution >= 4 is 30.1 Å². The van der Waals surface area contributed by atoms with Gasteiger partial charge in [0.1, 0.15) is 6.04 Å². The average Bonchev–Trinajstić information content (AvgIpc) is 2.99. The Bertz CT molecular complexity index is 569. The summed E-state index contributed by atoms with van der Waals surface area (Å²) in [5.74, 6) is 0.257.